The van der Waals surface area contributed by atoms with Crippen LogP contribution in [0, 0.1) is 0 Å². The smallest absolute Gasteiger partial charge is 0.196 e. The molecule has 2 aromatic rings. The van der Waals surface area contributed by atoms with Crippen molar-refractivity contribution < 1.29 is 9.90 Å². The van der Waals surface area contributed by atoms with E-state index in [1.807, 2.05) is 30.3 Å². The molecule has 0 saturated heterocycles. The molecule has 2 aromatic carbocycles. The van der Waals surface area contributed by atoms with Gasteiger partial charge in [-0.3, -0.25) is 4.79 Å². The van der Waals surface area contributed by atoms with Crippen LogP contribution >= 0.6 is 23.4 Å². The molecule has 19 heavy (non-hydrogen) atoms. The second kappa shape index (κ2) is 6.75. The summed E-state index contributed by atoms with van der Waals surface area (Å²) in [4.78, 5) is 12.7. The molecule has 0 unspecified atom stereocenters. The molecule has 2 rings (SSSR count). The minimum atomic E-state index is -0.817. The molecule has 0 bridgehead atoms. The van der Waals surface area contributed by atoms with Gasteiger partial charge in [-0.2, -0.15) is 0 Å². The highest BCUT2D eigenvalue weighted by Crippen LogP contribution is 2.26. The maximum Gasteiger partial charge on any atom is 0.196 e. The van der Waals surface area contributed by atoms with Crippen LogP contribution in [-0.2, 0) is 4.79 Å². The van der Waals surface area contributed by atoms with Crippen molar-refractivity contribution in [1.82, 2.24) is 0 Å². The van der Waals surface area contributed by atoms with Gasteiger partial charge in [0.2, 0.25) is 0 Å². The molecular weight excluding hydrogens is 280 g/mol. The van der Waals surface area contributed by atoms with E-state index < -0.39 is 6.10 Å². The lowest BCUT2D eigenvalue weighted by Gasteiger charge is -2.10. The van der Waals surface area contributed by atoms with E-state index in [9.17, 15) is 9.90 Å². The predicted octanol–water partition coefficient (Wildman–Crippen LogP) is 4.08. The lowest BCUT2D eigenvalue weighted by Crippen LogP contribution is -2.03. The van der Waals surface area contributed by atoms with Crippen LogP contribution in [0.25, 0.3) is 0 Å². The van der Waals surface area contributed by atoms with Crippen molar-refractivity contribution in [2.45, 2.75) is 17.4 Å². The Kier molecular flexibility index (Phi) is 5.02. The van der Waals surface area contributed by atoms with Gasteiger partial charge in [0.25, 0.3) is 0 Å². The van der Waals surface area contributed by atoms with Crippen molar-refractivity contribution in [1.29, 1.82) is 0 Å². The van der Waals surface area contributed by atoms with Crippen LogP contribution in [0.1, 0.15) is 18.1 Å². The molecule has 0 aliphatic rings. The van der Waals surface area contributed by atoms with Crippen LogP contribution in [0.5, 0.6) is 0 Å². The van der Waals surface area contributed by atoms with Crippen LogP contribution in [0.2, 0.25) is 5.02 Å². The average Bonchev–Trinajstić information content (AvgIpc) is 2.39. The van der Waals surface area contributed by atoms with Gasteiger partial charge >= 0.3 is 0 Å². The summed E-state index contributed by atoms with van der Waals surface area (Å²) in [6, 6.07) is 16.3. The van der Waals surface area contributed by atoms with E-state index in [0.29, 0.717) is 10.6 Å². The molecule has 2 nitrogen and oxygen atoms in total. The molecule has 1 atom stereocenters. The first-order valence-corrected chi connectivity index (χ1v) is 7.04. The maximum atomic E-state index is 11.9. The van der Waals surface area contributed by atoms with E-state index >= 15 is 0 Å². The van der Waals surface area contributed by atoms with E-state index in [1.54, 1.807) is 24.3 Å². The fourth-order valence-corrected chi connectivity index (χ4v) is 2.65. The minimum absolute atomic E-state index is 0.0693. The second-order valence-electron chi connectivity index (χ2n) is 4.06. The molecule has 0 aliphatic carbocycles. The highest BCUT2D eigenvalue weighted by atomic mass is 35.5. The molecule has 98 valence electrons. The van der Waals surface area contributed by atoms with Crippen molar-refractivity contribution in [2.24, 2.45) is 0 Å². The fraction of sp³-hybridized carbons (Fsp3) is 0.133. The fourth-order valence-electron chi connectivity index (χ4n) is 1.65. The maximum absolute atomic E-state index is 11.9. The average molecular weight is 293 g/mol. The summed E-state index contributed by atoms with van der Waals surface area (Å²) >= 11 is 6.99. The number of rotatable bonds is 4. The predicted molar refractivity (Wildman–Crippen MR) is 78.3 cm³/mol. The SMILES string of the molecule is O=C(C[C@@H](O)c1cccc(Cl)c1)Sc1ccccc1. The van der Waals surface area contributed by atoms with Crippen LogP contribution < -0.4 is 0 Å². The largest absolute Gasteiger partial charge is 0.388 e. The molecule has 0 amide bonds. The number of benzene rings is 2. The summed E-state index contributed by atoms with van der Waals surface area (Å²) in [5.41, 5.74) is 0.662. The van der Waals surface area contributed by atoms with Crippen molar-refractivity contribution in [3.05, 3.63) is 65.2 Å². The zero-order chi connectivity index (χ0) is 13.7. The van der Waals surface area contributed by atoms with Crippen LogP contribution in [-0.4, -0.2) is 10.2 Å². The number of carbonyl (C=O) groups is 1. The van der Waals surface area contributed by atoms with Gasteiger partial charge in [0.15, 0.2) is 5.12 Å². The number of thioether (sulfide) groups is 1. The van der Waals surface area contributed by atoms with Gasteiger partial charge in [0.1, 0.15) is 0 Å². The van der Waals surface area contributed by atoms with Gasteiger partial charge in [-0.05, 0) is 29.8 Å². The summed E-state index contributed by atoms with van der Waals surface area (Å²) in [6.07, 6.45) is -0.748. The molecule has 4 heteroatoms. The standard InChI is InChI=1S/C15H13ClO2S/c16-12-6-4-5-11(9-12)14(17)10-15(18)19-13-7-2-1-3-8-13/h1-9,14,17H,10H2/t14-/m1/s1. The summed E-state index contributed by atoms with van der Waals surface area (Å²) in [7, 11) is 0. The topological polar surface area (TPSA) is 37.3 Å². The quantitative estimate of drug-likeness (QED) is 0.863. The van der Waals surface area contributed by atoms with E-state index in [-0.39, 0.29) is 11.5 Å². The molecule has 0 aromatic heterocycles. The number of aliphatic hydroxyl groups excluding tert-OH is 1. The lowest BCUT2D eigenvalue weighted by molar-refractivity contribution is -0.112. The van der Waals surface area contributed by atoms with Gasteiger partial charge in [-0.15, -0.1) is 0 Å². The van der Waals surface area contributed by atoms with E-state index in [2.05, 4.69) is 0 Å². The molecule has 0 fully saturated rings. The highest BCUT2D eigenvalue weighted by Gasteiger charge is 2.14. The molecule has 0 heterocycles. The summed E-state index contributed by atoms with van der Waals surface area (Å²) in [5, 5.41) is 10.5. The van der Waals surface area contributed by atoms with Crippen LogP contribution in [0.4, 0.5) is 0 Å². The Hall–Kier alpha value is -1.29. The normalized spacial score (nSPS) is 12.1. The summed E-state index contributed by atoms with van der Waals surface area (Å²) in [6.45, 7) is 0. The Bertz CT molecular complexity index is 557. The zero-order valence-corrected chi connectivity index (χ0v) is 11.7. The van der Waals surface area contributed by atoms with Gasteiger partial charge in [-0.1, -0.05) is 53.7 Å². The Morgan fingerprint density at radius 3 is 2.58 bits per heavy atom. The molecular formula is C15H13ClO2S. The van der Waals surface area contributed by atoms with Crippen LogP contribution in [0.15, 0.2) is 59.5 Å². The summed E-state index contributed by atoms with van der Waals surface area (Å²) < 4.78 is 0. The molecule has 1 N–H and O–H groups in total. The minimum Gasteiger partial charge on any atom is -0.388 e. The Morgan fingerprint density at radius 2 is 1.89 bits per heavy atom. The third-order valence-electron chi connectivity index (χ3n) is 2.57. The Morgan fingerprint density at radius 1 is 1.16 bits per heavy atom. The third-order valence-corrected chi connectivity index (χ3v) is 3.71. The first-order chi connectivity index (χ1) is 9.15. The van der Waals surface area contributed by atoms with Crippen molar-refractivity contribution in [3.8, 4) is 0 Å². The number of carbonyl (C=O) groups excluding carboxylic acids is 1. The highest BCUT2D eigenvalue weighted by molar-refractivity contribution is 8.13. The van der Waals surface area contributed by atoms with Crippen molar-refractivity contribution in [2.75, 3.05) is 0 Å². The van der Waals surface area contributed by atoms with Gasteiger partial charge in [0.05, 0.1) is 6.10 Å². The third kappa shape index (κ3) is 4.39. The zero-order valence-electron chi connectivity index (χ0n) is 10.1. The Balaban J connectivity index is 1.95. The molecule has 0 saturated carbocycles. The number of aliphatic hydroxyl groups is 1. The first kappa shape index (κ1) is 14.1. The van der Waals surface area contributed by atoms with Crippen LogP contribution in [0.3, 0.4) is 0 Å². The second-order valence-corrected chi connectivity index (χ2v) is 5.63. The van der Waals surface area contributed by atoms with Gasteiger partial charge in [-0.25, -0.2) is 0 Å². The Labute approximate surface area is 121 Å². The number of halogens is 1. The summed E-state index contributed by atoms with van der Waals surface area (Å²) in [5.74, 6) is 0. The van der Waals surface area contributed by atoms with Gasteiger partial charge in [0, 0.05) is 16.3 Å². The monoisotopic (exact) mass is 292 g/mol. The number of hydrogen-bond donors (Lipinski definition) is 1. The van der Waals surface area contributed by atoms with Crippen molar-refractivity contribution >= 4 is 28.5 Å². The van der Waals surface area contributed by atoms with Crippen molar-refractivity contribution in [3.63, 3.8) is 0 Å². The lowest BCUT2D eigenvalue weighted by atomic mass is 10.1. The van der Waals surface area contributed by atoms with E-state index in [1.165, 1.54) is 0 Å². The molecule has 0 aliphatic heterocycles. The van der Waals surface area contributed by atoms with E-state index in [4.69, 9.17) is 11.6 Å². The molecule has 0 radical (unpaired) electrons. The van der Waals surface area contributed by atoms with E-state index in [0.717, 1.165) is 16.7 Å². The van der Waals surface area contributed by atoms with Gasteiger partial charge < -0.3 is 5.11 Å². The first-order valence-electron chi connectivity index (χ1n) is 5.84. The number of hydrogen-bond acceptors (Lipinski definition) is 3. The molecule has 0 spiro atoms.